The molecule has 3 aromatic rings. The summed E-state index contributed by atoms with van der Waals surface area (Å²) >= 11 is 0. The van der Waals surface area contributed by atoms with Gasteiger partial charge in [-0.05, 0) is 48.9 Å². The summed E-state index contributed by atoms with van der Waals surface area (Å²) in [5.41, 5.74) is 0.357. The lowest BCUT2D eigenvalue weighted by Crippen LogP contribution is -2.17. The second-order valence-corrected chi connectivity index (χ2v) is 5.54. The van der Waals surface area contributed by atoms with Gasteiger partial charge in [-0.2, -0.15) is 9.67 Å². The molecule has 1 heterocycles. The number of aromatic nitrogens is 3. The highest BCUT2D eigenvalue weighted by Crippen LogP contribution is 2.27. The van der Waals surface area contributed by atoms with Gasteiger partial charge in [0.15, 0.2) is 5.82 Å². The molecular weight excluding hydrogens is 371 g/mol. The molecule has 1 N–H and O–H groups in total. The fourth-order valence-corrected chi connectivity index (χ4v) is 2.37. The number of nitrogens with zero attached hydrogens (tertiary/aromatic N) is 3. The van der Waals surface area contributed by atoms with Gasteiger partial charge >= 0.3 is 6.36 Å². The number of aryl methyl sites for hydroxylation is 1. The number of hydrogen-bond acceptors (Lipinski definition) is 4. The molecule has 0 fully saturated rings. The van der Waals surface area contributed by atoms with Crippen molar-refractivity contribution < 1.29 is 26.7 Å². The van der Waals surface area contributed by atoms with Crippen LogP contribution in [0, 0.1) is 18.6 Å². The molecule has 5 nitrogen and oxygen atoms in total. The lowest BCUT2D eigenvalue weighted by molar-refractivity contribution is -0.274. The summed E-state index contributed by atoms with van der Waals surface area (Å²) in [5.74, 6) is -1.59. The van der Waals surface area contributed by atoms with Gasteiger partial charge in [0.1, 0.15) is 17.4 Å². The third-order valence-electron chi connectivity index (χ3n) is 3.63. The van der Waals surface area contributed by atoms with Crippen LogP contribution < -0.4 is 10.1 Å². The first kappa shape index (κ1) is 18.6. The number of benzene rings is 2. The molecule has 0 aliphatic heterocycles. The van der Waals surface area contributed by atoms with Crippen LogP contribution in [0.2, 0.25) is 0 Å². The Morgan fingerprint density at radius 3 is 2.30 bits per heavy atom. The van der Waals surface area contributed by atoms with Gasteiger partial charge in [-0.25, -0.2) is 8.78 Å². The second kappa shape index (κ2) is 6.86. The molecule has 3 rings (SSSR count). The van der Waals surface area contributed by atoms with E-state index in [0.29, 0.717) is 5.69 Å². The van der Waals surface area contributed by atoms with Gasteiger partial charge < -0.3 is 10.1 Å². The molecule has 10 heteroatoms. The molecular formula is C17H13F5N4O. The number of hydrogen-bond donors (Lipinski definition) is 1. The summed E-state index contributed by atoms with van der Waals surface area (Å²) in [7, 11) is 1.54. The molecule has 0 unspecified atom stereocenters. The minimum Gasteiger partial charge on any atom is -0.406 e. The van der Waals surface area contributed by atoms with Crippen molar-refractivity contribution in [3.8, 4) is 22.8 Å². The van der Waals surface area contributed by atoms with Crippen LogP contribution >= 0.6 is 0 Å². The Kier molecular flexibility index (Phi) is 4.73. The summed E-state index contributed by atoms with van der Waals surface area (Å²) < 4.78 is 69.8. The molecule has 142 valence electrons. The topological polar surface area (TPSA) is 52.0 Å². The molecule has 0 aliphatic carbocycles. The molecule has 2 aromatic carbocycles. The minimum absolute atomic E-state index is 0.0774. The normalized spacial score (nSPS) is 11.5. The van der Waals surface area contributed by atoms with Crippen molar-refractivity contribution in [3.63, 3.8) is 0 Å². The van der Waals surface area contributed by atoms with Crippen LogP contribution in [-0.4, -0.2) is 28.2 Å². The highest BCUT2D eigenvalue weighted by molar-refractivity contribution is 5.59. The smallest absolute Gasteiger partial charge is 0.406 e. The third kappa shape index (κ3) is 3.99. The Morgan fingerprint density at radius 1 is 1.04 bits per heavy atom. The van der Waals surface area contributed by atoms with Crippen molar-refractivity contribution in [1.29, 1.82) is 0 Å². The van der Waals surface area contributed by atoms with Crippen LogP contribution in [0.5, 0.6) is 5.75 Å². The number of alkyl halides is 3. The minimum atomic E-state index is -4.80. The quantitative estimate of drug-likeness (QED) is 0.675. The van der Waals surface area contributed by atoms with Crippen LogP contribution in [-0.2, 0) is 0 Å². The average Bonchev–Trinajstić information content (AvgIpc) is 3.01. The zero-order valence-electron chi connectivity index (χ0n) is 14.1. The number of nitrogens with one attached hydrogen (secondary N) is 1. The van der Waals surface area contributed by atoms with Crippen molar-refractivity contribution in [3.05, 3.63) is 53.6 Å². The Bertz CT molecular complexity index is 967. The van der Waals surface area contributed by atoms with Gasteiger partial charge in [0, 0.05) is 7.05 Å². The Morgan fingerprint density at radius 2 is 1.70 bits per heavy atom. The molecule has 0 saturated carbocycles. The standard InChI is InChI=1S/C17H13F5N4O/c1-9-7-14(19)12(8-13(9)18)15-24-16(23-2)26(25-15)10-3-5-11(6-4-10)27-17(20,21)22/h3-8H,1-2H3,(H,23,24,25). The first-order chi connectivity index (χ1) is 12.7. The maximum atomic E-state index is 14.2. The average molecular weight is 384 g/mol. The fourth-order valence-electron chi connectivity index (χ4n) is 2.37. The van der Waals surface area contributed by atoms with Crippen molar-refractivity contribution in [2.24, 2.45) is 0 Å². The van der Waals surface area contributed by atoms with Gasteiger partial charge in [0.25, 0.3) is 0 Å². The predicted octanol–water partition coefficient (Wildman–Crippen LogP) is 4.46. The van der Waals surface area contributed by atoms with E-state index in [1.165, 1.54) is 30.8 Å². The maximum Gasteiger partial charge on any atom is 0.573 e. The van der Waals surface area contributed by atoms with Gasteiger partial charge in [0.05, 0.1) is 11.3 Å². The number of halogens is 5. The van der Waals surface area contributed by atoms with Crippen LogP contribution in [0.1, 0.15) is 5.56 Å². The van der Waals surface area contributed by atoms with E-state index in [4.69, 9.17) is 0 Å². The number of ether oxygens (including phenoxy) is 1. The van der Waals surface area contributed by atoms with E-state index < -0.39 is 23.7 Å². The highest BCUT2D eigenvalue weighted by Gasteiger charge is 2.31. The van der Waals surface area contributed by atoms with E-state index in [1.807, 2.05) is 0 Å². The summed E-state index contributed by atoms with van der Waals surface area (Å²) in [6, 6.07) is 6.89. The van der Waals surface area contributed by atoms with E-state index in [-0.39, 0.29) is 22.9 Å². The fraction of sp³-hybridized carbons (Fsp3) is 0.176. The van der Waals surface area contributed by atoms with Crippen LogP contribution in [0.15, 0.2) is 36.4 Å². The number of anilines is 1. The SMILES string of the molecule is CNc1nc(-c2cc(F)c(C)cc2F)nn1-c1ccc(OC(F)(F)F)cc1. The van der Waals surface area contributed by atoms with Gasteiger partial charge in [0.2, 0.25) is 5.95 Å². The summed E-state index contributed by atoms with van der Waals surface area (Å²) in [6.45, 7) is 1.43. The molecule has 0 spiro atoms. The van der Waals surface area contributed by atoms with Crippen molar-refractivity contribution >= 4 is 5.95 Å². The molecule has 0 aliphatic rings. The van der Waals surface area contributed by atoms with E-state index in [9.17, 15) is 22.0 Å². The highest BCUT2D eigenvalue weighted by atomic mass is 19.4. The lowest BCUT2D eigenvalue weighted by Gasteiger charge is -2.10. The van der Waals surface area contributed by atoms with Crippen LogP contribution in [0.4, 0.5) is 27.9 Å². The van der Waals surface area contributed by atoms with Gasteiger partial charge in [-0.15, -0.1) is 18.3 Å². The van der Waals surface area contributed by atoms with E-state index in [2.05, 4.69) is 20.1 Å². The van der Waals surface area contributed by atoms with Gasteiger partial charge in [-0.3, -0.25) is 0 Å². The monoisotopic (exact) mass is 384 g/mol. The van der Waals surface area contributed by atoms with Gasteiger partial charge in [-0.1, -0.05) is 0 Å². The zero-order chi connectivity index (χ0) is 19.8. The summed E-state index contributed by atoms with van der Waals surface area (Å²) in [4.78, 5) is 4.11. The molecule has 0 radical (unpaired) electrons. The van der Waals surface area contributed by atoms with E-state index in [0.717, 1.165) is 24.3 Å². The lowest BCUT2D eigenvalue weighted by atomic mass is 10.1. The summed E-state index contributed by atoms with van der Waals surface area (Å²) in [6.07, 6.45) is -4.80. The van der Waals surface area contributed by atoms with Crippen LogP contribution in [0.25, 0.3) is 17.1 Å². The Balaban J connectivity index is 1.99. The largest absolute Gasteiger partial charge is 0.573 e. The first-order valence-electron chi connectivity index (χ1n) is 7.65. The van der Waals surface area contributed by atoms with Crippen LogP contribution in [0.3, 0.4) is 0 Å². The molecule has 0 atom stereocenters. The van der Waals surface area contributed by atoms with E-state index >= 15 is 0 Å². The number of rotatable bonds is 4. The predicted molar refractivity (Wildman–Crippen MR) is 87.7 cm³/mol. The molecule has 0 amide bonds. The molecule has 27 heavy (non-hydrogen) atoms. The molecule has 0 bridgehead atoms. The zero-order valence-corrected chi connectivity index (χ0v) is 14.1. The molecule has 0 saturated heterocycles. The van der Waals surface area contributed by atoms with Crippen molar-refractivity contribution in [2.75, 3.05) is 12.4 Å². The maximum absolute atomic E-state index is 14.2. The van der Waals surface area contributed by atoms with E-state index in [1.54, 1.807) is 0 Å². The summed E-state index contributed by atoms with van der Waals surface area (Å²) in [5, 5.41) is 6.88. The molecule has 1 aromatic heterocycles. The van der Waals surface area contributed by atoms with Crippen molar-refractivity contribution in [2.45, 2.75) is 13.3 Å². The second-order valence-electron chi connectivity index (χ2n) is 5.54. The van der Waals surface area contributed by atoms with Crippen molar-refractivity contribution in [1.82, 2.24) is 14.8 Å². The third-order valence-corrected chi connectivity index (χ3v) is 3.63. The Labute approximate surface area is 150 Å². The first-order valence-corrected chi connectivity index (χ1v) is 7.65. The Hall–Kier alpha value is -3.17.